The van der Waals surface area contributed by atoms with Crippen molar-refractivity contribution in [3.63, 3.8) is 0 Å². The number of furan rings is 1. The molecule has 26 heavy (non-hydrogen) atoms. The number of likely N-dealkylation sites (tertiary alicyclic amines) is 1. The van der Waals surface area contributed by atoms with Crippen molar-refractivity contribution in [3.8, 4) is 0 Å². The minimum atomic E-state index is -0.344. The number of hydrogen-bond donors (Lipinski definition) is 2. The minimum Gasteiger partial charge on any atom is -0.444 e. The number of aromatic nitrogens is 2. The lowest BCUT2D eigenvalue weighted by Gasteiger charge is -2.43. The molecule has 2 fully saturated rings. The fourth-order valence-corrected chi connectivity index (χ4v) is 4.81. The SMILES string of the molecule is Cc1n[nH]c(=O)c2c(NC(=O)CN3CCC[C@@H]4CCCC[C@@H]43)oc(C)c12. The van der Waals surface area contributed by atoms with E-state index in [0.717, 1.165) is 18.9 Å². The predicted molar refractivity (Wildman–Crippen MR) is 99.3 cm³/mol. The number of aromatic amines is 1. The van der Waals surface area contributed by atoms with Gasteiger partial charge in [0.2, 0.25) is 11.8 Å². The molecule has 7 nitrogen and oxygen atoms in total. The molecule has 1 aliphatic carbocycles. The van der Waals surface area contributed by atoms with Crippen LogP contribution in [0.3, 0.4) is 0 Å². The van der Waals surface area contributed by atoms with Crippen LogP contribution in [0.1, 0.15) is 50.0 Å². The lowest BCUT2D eigenvalue weighted by molar-refractivity contribution is -0.119. The smallest absolute Gasteiger partial charge is 0.277 e. The highest BCUT2D eigenvalue weighted by atomic mass is 16.4. The van der Waals surface area contributed by atoms with Gasteiger partial charge in [-0.1, -0.05) is 12.8 Å². The number of hydrogen-bond acceptors (Lipinski definition) is 5. The van der Waals surface area contributed by atoms with E-state index in [9.17, 15) is 9.59 Å². The van der Waals surface area contributed by atoms with Crippen molar-refractivity contribution in [3.05, 3.63) is 21.8 Å². The van der Waals surface area contributed by atoms with Crippen molar-refractivity contribution in [2.24, 2.45) is 5.92 Å². The van der Waals surface area contributed by atoms with Gasteiger partial charge in [0.05, 0.1) is 17.6 Å². The Hall–Kier alpha value is -2.15. The summed E-state index contributed by atoms with van der Waals surface area (Å²) in [5.41, 5.74) is 0.338. The molecule has 1 saturated heterocycles. The Morgan fingerprint density at radius 1 is 1.23 bits per heavy atom. The van der Waals surface area contributed by atoms with E-state index in [2.05, 4.69) is 20.4 Å². The van der Waals surface area contributed by atoms with Crippen LogP contribution >= 0.6 is 0 Å². The van der Waals surface area contributed by atoms with Gasteiger partial charge in [-0.05, 0) is 52.0 Å². The molecule has 1 amide bonds. The molecular formula is C19H26N4O3. The van der Waals surface area contributed by atoms with Crippen LogP contribution in [0, 0.1) is 19.8 Å². The maximum Gasteiger partial charge on any atom is 0.277 e. The van der Waals surface area contributed by atoms with E-state index >= 15 is 0 Å². The average molecular weight is 358 g/mol. The number of aryl methyl sites for hydroxylation is 2. The van der Waals surface area contributed by atoms with E-state index in [4.69, 9.17) is 4.42 Å². The number of anilines is 1. The first-order valence-corrected chi connectivity index (χ1v) is 9.57. The summed E-state index contributed by atoms with van der Waals surface area (Å²) >= 11 is 0. The Morgan fingerprint density at radius 3 is 2.85 bits per heavy atom. The van der Waals surface area contributed by atoms with E-state index in [1.807, 2.05) is 6.92 Å². The summed E-state index contributed by atoms with van der Waals surface area (Å²) in [6, 6.07) is 0.521. The summed E-state index contributed by atoms with van der Waals surface area (Å²) in [4.78, 5) is 27.2. The second kappa shape index (κ2) is 6.87. The van der Waals surface area contributed by atoms with Crippen LogP contribution in [-0.2, 0) is 4.79 Å². The van der Waals surface area contributed by atoms with Crippen LogP contribution < -0.4 is 10.9 Å². The van der Waals surface area contributed by atoms with Gasteiger partial charge in [-0.2, -0.15) is 5.10 Å². The maximum atomic E-state index is 12.7. The van der Waals surface area contributed by atoms with E-state index in [1.54, 1.807) is 6.92 Å². The van der Waals surface area contributed by atoms with Crippen molar-refractivity contribution in [2.75, 3.05) is 18.4 Å². The summed E-state index contributed by atoms with van der Waals surface area (Å²) < 4.78 is 5.68. The number of carbonyl (C=O) groups is 1. The van der Waals surface area contributed by atoms with Crippen molar-refractivity contribution in [1.82, 2.24) is 15.1 Å². The number of amides is 1. The number of nitrogens with zero attached hydrogens (tertiary/aromatic N) is 2. The summed E-state index contributed by atoms with van der Waals surface area (Å²) in [5, 5.41) is 10.3. The monoisotopic (exact) mass is 358 g/mol. The number of H-pyrrole nitrogens is 1. The van der Waals surface area contributed by atoms with Crippen molar-refractivity contribution in [1.29, 1.82) is 0 Å². The van der Waals surface area contributed by atoms with E-state index in [-0.39, 0.29) is 17.4 Å². The molecule has 140 valence electrons. The Labute approximate surface area is 152 Å². The molecule has 0 radical (unpaired) electrons. The molecule has 2 aromatic heterocycles. The Kier molecular flexibility index (Phi) is 4.56. The normalized spacial score (nSPS) is 23.8. The first kappa shape index (κ1) is 17.3. The summed E-state index contributed by atoms with van der Waals surface area (Å²) in [6.45, 7) is 4.91. The molecule has 1 saturated carbocycles. The highest BCUT2D eigenvalue weighted by Crippen LogP contribution is 2.35. The van der Waals surface area contributed by atoms with Gasteiger partial charge in [0.15, 0.2) is 0 Å². The van der Waals surface area contributed by atoms with Crippen LogP contribution in [0.25, 0.3) is 10.8 Å². The van der Waals surface area contributed by atoms with Crippen molar-refractivity contribution >= 4 is 22.6 Å². The third-order valence-electron chi connectivity index (χ3n) is 5.96. The predicted octanol–water partition coefficient (Wildman–Crippen LogP) is 2.73. The molecule has 2 N–H and O–H groups in total. The van der Waals surface area contributed by atoms with Gasteiger partial charge in [0.25, 0.3) is 5.56 Å². The summed E-state index contributed by atoms with van der Waals surface area (Å²) in [6.07, 6.45) is 7.48. The molecule has 0 bridgehead atoms. The van der Waals surface area contributed by atoms with E-state index < -0.39 is 0 Å². The number of fused-ring (bicyclic) bond motifs is 2. The average Bonchev–Trinajstić information content (AvgIpc) is 2.96. The Morgan fingerprint density at radius 2 is 2.00 bits per heavy atom. The summed E-state index contributed by atoms with van der Waals surface area (Å²) in [7, 11) is 0. The topological polar surface area (TPSA) is 91.2 Å². The quantitative estimate of drug-likeness (QED) is 0.880. The van der Waals surface area contributed by atoms with Gasteiger partial charge in [0.1, 0.15) is 11.1 Å². The number of carbonyl (C=O) groups excluding carboxylic acids is 1. The highest BCUT2D eigenvalue weighted by Gasteiger charge is 2.34. The van der Waals surface area contributed by atoms with Crippen LogP contribution in [0.5, 0.6) is 0 Å². The lowest BCUT2D eigenvalue weighted by Crippen LogP contribution is -2.49. The van der Waals surface area contributed by atoms with Crippen LogP contribution in [-0.4, -0.2) is 40.1 Å². The highest BCUT2D eigenvalue weighted by molar-refractivity contribution is 6.01. The molecule has 0 unspecified atom stereocenters. The van der Waals surface area contributed by atoms with Crippen LogP contribution in [0.4, 0.5) is 5.88 Å². The summed E-state index contributed by atoms with van der Waals surface area (Å²) in [5.74, 6) is 1.43. The van der Waals surface area contributed by atoms with Gasteiger partial charge in [-0.15, -0.1) is 0 Å². The first-order valence-electron chi connectivity index (χ1n) is 9.57. The minimum absolute atomic E-state index is 0.124. The van der Waals surface area contributed by atoms with Crippen molar-refractivity contribution in [2.45, 2.75) is 58.4 Å². The Bertz CT molecular complexity index is 883. The molecule has 0 aromatic carbocycles. The third kappa shape index (κ3) is 3.05. The second-order valence-corrected chi connectivity index (χ2v) is 7.65. The molecule has 4 rings (SSSR count). The zero-order chi connectivity index (χ0) is 18.3. The molecule has 7 heteroatoms. The van der Waals surface area contributed by atoms with E-state index in [0.29, 0.717) is 34.8 Å². The van der Waals surface area contributed by atoms with Crippen molar-refractivity contribution < 1.29 is 9.21 Å². The zero-order valence-corrected chi connectivity index (χ0v) is 15.4. The number of piperidine rings is 1. The maximum absolute atomic E-state index is 12.7. The molecular weight excluding hydrogens is 332 g/mol. The lowest BCUT2D eigenvalue weighted by atomic mass is 9.78. The van der Waals surface area contributed by atoms with Gasteiger partial charge in [0, 0.05) is 6.04 Å². The van der Waals surface area contributed by atoms with Gasteiger partial charge in [-0.3, -0.25) is 19.8 Å². The molecule has 1 aliphatic heterocycles. The second-order valence-electron chi connectivity index (χ2n) is 7.65. The fraction of sp³-hybridized carbons (Fsp3) is 0.632. The fourth-order valence-electron chi connectivity index (χ4n) is 4.81. The van der Waals surface area contributed by atoms with Gasteiger partial charge >= 0.3 is 0 Å². The molecule has 2 atom stereocenters. The zero-order valence-electron chi connectivity index (χ0n) is 15.4. The van der Waals surface area contributed by atoms with Gasteiger partial charge in [-0.25, -0.2) is 5.10 Å². The number of nitrogens with one attached hydrogen (secondary N) is 2. The standard InChI is InChI=1S/C19H26N4O3/c1-11-16-12(2)26-19(17(16)18(25)22-21-11)20-15(24)10-23-9-5-7-13-6-3-4-8-14(13)23/h13-14H,3-10H2,1-2H3,(H,20,24)(H,22,25)/t13-,14-/m0/s1. The van der Waals surface area contributed by atoms with Crippen LogP contribution in [0.15, 0.2) is 9.21 Å². The molecule has 3 heterocycles. The first-order chi connectivity index (χ1) is 12.5. The molecule has 2 aromatic rings. The molecule has 0 spiro atoms. The van der Waals surface area contributed by atoms with E-state index in [1.165, 1.54) is 32.1 Å². The number of rotatable bonds is 3. The molecule has 2 aliphatic rings. The third-order valence-corrected chi connectivity index (χ3v) is 5.96. The van der Waals surface area contributed by atoms with Gasteiger partial charge < -0.3 is 4.42 Å². The van der Waals surface area contributed by atoms with Crippen LogP contribution in [0.2, 0.25) is 0 Å². The largest absolute Gasteiger partial charge is 0.444 e. The Balaban J connectivity index is 1.53.